The molecule has 2 aliphatic heterocycles. The molecule has 1 aliphatic carbocycles. The molecule has 17 heavy (non-hydrogen) atoms. The maximum Gasteiger partial charge on any atom is 0.0861 e. The van der Waals surface area contributed by atoms with E-state index in [1.165, 1.54) is 25.7 Å². The molecule has 2 heterocycles. The maximum atomic E-state index is 6.65. The number of morpholine rings is 1. The van der Waals surface area contributed by atoms with E-state index in [-0.39, 0.29) is 11.2 Å². The first-order valence-electron chi connectivity index (χ1n) is 7.28. The molecule has 0 bridgehead atoms. The van der Waals surface area contributed by atoms with Crippen molar-refractivity contribution in [2.75, 3.05) is 19.7 Å². The van der Waals surface area contributed by atoms with E-state index in [9.17, 15) is 0 Å². The highest BCUT2D eigenvalue weighted by Crippen LogP contribution is 2.42. The van der Waals surface area contributed by atoms with E-state index in [1.54, 1.807) is 0 Å². The molecule has 2 atom stereocenters. The van der Waals surface area contributed by atoms with Crippen molar-refractivity contribution in [2.24, 2.45) is 0 Å². The fraction of sp³-hybridized carbons (Fsp3) is 1.00. The number of hydrogen-bond donors (Lipinski definition) is 1. The van der Waals surface area contributed by atoms with Gasteiger partial charge in [0.05, 0.1) is 17.3 Å². The summed E-state index contributed by atoms with van der Waals surface area (Å²) in [6.45, 7) is 5.17. The molecular formula is C14H25NO2. The topological polar surface area (TPSA) is 30.5 Å². The van der Waals surface area contributed by atoms with Gasteiger partial charge in [-0.2, -0.15) is 0 Å². The summed E-state index contributed by atoms with van der Waals surface area (Å²) in [7, 11) is 0. The fourth-order valence-corrected chi connectivity index (χ4v) is 3.85. The van der Waals surface area contributed by atoms with Gasteiger partial charge in [-0.15, -0.1) is 0 Å². The van der Waals surface area contributed by atoms with Gasteiger partial charge in [0.1, 0.15) is 0 Å². The zero-order valence-corrected chi connectivity index (χ0v) is 11.0. The van der Waals surface area contributed by atoms with Crippen LogP contribution in [0.5, 0.6) is 0 Å². The molecule has 3 rings (SSSR count). The zero-order chi connectivity index (χ0) is 11.8. The Kier molecular flexibility index (Phi) is 3.18. The third kappa shape index (κ3) is 2.25. The van der Waals surface area contributed by atoms with Crippen LogP contribution in [0, 0.1) is 0 Å². The molecule has 3 aliphatic rings. The Hall–Kier alpha value is -0.120. The Balaban J connectivity index is 1.73. The van der Waals surface area contributed by atoms with Gasteiger partial charge in [-0.25, -0.2) is 0 Å². The minimum absolute atomic E-state index is 0.0709. The van der Waals surface area contributed by atoms with Crippen LogP contribution in [0.3, 0.4) is 0 Å². The highest BCUT2D eigenvalue weighted by Gasteiger charge is 2.48. The summed E-state index contributed by atoms with van der Waals surface area (Å²) >= 11 is 0. The summed E-state index contributed by atoms with van der Waals surface area (Å²) in [6, 6.07) is 0. The molecule has 2 unspecified atom stereocenters. The molecule has 3 fully saturated rings. The number of rotatable bonds is 1. The molecule has 0 amide bonds. The number of hydrogen-bond acceptors (Lipinski definition) is 3. The van der Waals surface area contributed by atoms with E-state index in [4.69, 9.17) is 9.47 Å². The van der Waals surface area contributed by atoms with Crippen molar-refractivity contribution < 1.29 is 9.47 Å². The quantitative estimate of drug-likeness (QED) is 0.761. The molecule has 0 aromatic carbocycles. The number of nitrogens with one attached hydrogen (secondary N) is 1. The van der Waals surface area contributed by atoms with Crippen molar-refractivity contribution in [3.63, 3.8) is 0 Å². The minimum Gasteiger partial charge on any atom is -0.378 e. The van der Waals surface area contributed by atoms with E-state index in [0.29, 0.717) is 6.10 Å². The lowest BCUT2D eigenvalue weighted by Gasteiger charge is -2.50. The van der Waals surface area contributed by atoms with Gasteiger partial charge >= 0.3 is 0 Å². The molecule has 2 spiro atoms. The Morgan fingerprint density at radius 2 is 1.88 bits per heavy atom. The van der Waals surface area contributed by atoms with E-state index in [2.05, 4.69) is 12.2 Å². The molecule has 1 N–H and O–H groups in total. The molecule has 1 saturated carbocycles. The standard InChI is InChI=1S/C14H25NO2/c1-2-12-9-14(7-8-16-12)11-15-10-13(17-14)5-3-4-6-13/h12,15H,2-11H2,1H3. The lowest BCUT2D eigenvalue weighted by molar-refractivity contribution is -0.217. The molecule has 0 aromatic rings. The molecular weight excluding hydrogens is 214 g/mol. The summed E-state index contributed by atoms with van der Waals surface area (Å²) < 4.78 is 12.5. The monoisotopic (exact) mass is 239 g/mol. The fourth-order valence-electron chi connectivity index (χ4n) is 3.85. The maximum absolute atomic E-state index is 6.65. The number of ether oxygens (including phenoxy) is 2. The summed E-state index contributed by atoms with van der Waals surface area (Å²) in [5, 5.41) is 3.64. The van der Waals surface area contributed by atoms with Crippen LogP contribution in [0.15, 0.2) is 0 Å². The van der Waals surface area contributed by atoms with Gasteiger partial charge in [0.15, 0.2) is 0 Å². The van der Waals surface area contributed by atoms with Crippen LogP contribution in [0.1, 0.15) is 51.9 Å². The molecule has 3 heteroatoms. The largest absolute Gasteiger partial charge is 0.378 e. The highest BCUT2D eigenvalue weighted by molar-refractivity contribution is 5.01. The van der Waals surface area contributed by atoms with Gasteiger partial charge in [-0.3, -0.25) is 0 Å². The van der Waals surface area contributed by atoms with E-state index < -0.39 is 0 Å². The summed E-state index contributed by atoms with van der Waals surface area (Å²) in [6.07, 6.45) is 8.84. The minimum atomic E-state index is 0.0709. The summed E-state index contributed by atoms with van der Waals surface area (Å²) in [5.74, 6) is 0. The third-order valence-corrected chi connectivity index (χ3v) is 4.81. The first kappa shape index (κ1) is 11.9. The summed E-state index contributed by atoms with van der Waals surface area (Å²) in [5.41, 5.74) is 0.232. The lowest BCUT2D eigenvalue weighted by Crippen LogP contribution is -2.62. The van der Waals surface area contributed by atoms with Crippen LogP contribution in [-0.4, -0.2) is 37.0 Å². The molecule has 3 nitrogen and oxygen atoms in total. The predicted octanol–water partition coefficient (Wildman–Crippen LogP) is 2.25. The van der Waals surface area contributed by atoms with Crippen LogP contribution in [0.2, 0.25) is 0 Å². The van der Waals surface area contributed by atoms with Crippen LogP contribution >= 0.6 is 0 Å². The van der Waals surface area contributed by atoms with Crippen LogP contribution in [0.4, 0.5) is 0 Å². The van der Waals surface area contributed by atoms with Crippen molar-refractivity contribution in [1.29, 1.82) is 0 Å². The van der Waals surface area contributed by atoms with Gasteiger partial charge in [0, 0.05) is 32.5 Å². The second-order valence-corrected chi connectivity index (χ2v) is 6.13. The van der Waals surface area contributed by atoms with Crippen molar-refractivity contribution in [3.8, 4) is 0 Å². The van der Waals surface area contributed by atoms with Gasteiger partial charge in [0.25, 0.3) is 0 Å². The zero-order valence-electron chi connectivity index (χ0n) is 11.0. The molecule has 2 saturated heterocycles. The smallest absolute Gasteiger partial charge is 0.0861 e. The Morgan fingerprint density at radius 3 is 2.65 bits per heavy atom. The second-order valence-electron chi connectivity index (χ2n) is 6.13. The van der Waals surface area contributed by atoms with Crippen molar-refractivity contribution >= 4 is 0 Å². The normalized spacial score (nSPS) is 41.1. The first-order valence-corrected chi connectivity index (χ1v) is 7.28. The average Bonchev–Trinajstić information content (AvgIpc) is 2.77. The van der Waals surface area contributed by atoms with E-state index in [1.807, 2.05) is 0 Å². The average molecular weight is 239 g/mol. The molecule has 98 valence electrons. The van der Waals surface area contributed by atoms with E-state index >= 15 is 0 Å². The van der Waals surface area contributed by atoms with Gasteiger partial charge in [-0.1, -0.05) is 19.8 Å². The van der Waals surface area contributed by atoms with E-state index in [0.717, 1.165) is 39.0 Å². The Bertz CT molecular complexity index is 271. The lowest BCUT2D eigenvalue weighted by atomic mass is 9.85. The molecule has 0 aromatic heterocycles. The second kappa shape index (κ2) is 4.52. The Labute approximate surface area is 104 Å². The van der Waals surface area contributed by atoms with Crippen LogP contribution in [-0.2, 0) is 9.47 Å². The van der Waals surface area contributed by atoms with Gasteiger partial charge < -0.3 is 14.8 Å². The van der Waals surface area contributed by atoms with Gasteiger partial charge in [-0.05, 0) is 19.3 Å². The highest BCUT2D eigenvalue weighted by atomic mass is 16.5. The SMILES string of the molecule is CCC1CC2(CCO1)CNCC1(CCCC1)O2. The predicted molar refractivity (Wildman–Crippen MR) is 67.1 cm³/mol. The first-order chi connectivity index (χ1) is 8.26. The molecule has 0 radical (unpaired) electrons. The van der Waals surface area contributed by atoms with Crippen LogP contribution in [0.25, 0.3) is 0 Å². The van der Waals surface area contributed by atoms with Crippen molar-refractivity contribution in [1.82, 2.24) is 5.32 Å². The third-order valence-electron chi connectivity index (χ3n) is 4.81. The van der Waals surface area contributed by atoms with Crippen molar-refractivity contribution in [2.45, 2.75) is 69.2 Å². The summed E-state index contributed by atoms with van der Waals surface area (Å²) in [4.78, 5) is 0. The van der Waals surface area contributed by atoms with Crippen molar-refractivity contribution in [3.05, 3.63) is 0 Å². The van der Waals surface area contributed by atoms with Gasteiger partial charge in [0.2, 0.25) is 0 Å². The Morgan fingerprint density at radius 1 is 1.12 bits per heavy atom. The van der Waals surface area contributed by atoms with Crippen LogP contribution < -0.4 is 5.32 Å².